The largest absolute Gasteiger partial charge is 4.00 e. The van der Waals surface area contributed by atoms with E-state index in [0.29, 0.717) is 0 Å². The molecule has 0 bridgehead atoms. The number of fused-ring (bicyclic) bond motifs is 2. The quantitative estimate of drug-likeness (QED) is 0.380. The van der Waals surface area contributed by atoms with Gasteiger partial charge in [0.05, 0.1) is 0 Å². The molecule has 0 aromatic heterocycles. The Kier molecular flexibility index (Phi) is 7.51. The number of benzene rings is 2. The molecule has 0 aliphatic rings. The maximum absolute atomic E-state index is 2.38. The Morgan fingerprint density at radius 1 is 0.654 bits per heavy atom. The van der Waals surface area contributed by atoms with Crippen LogP contribution < -0.4 is 24.8 Å². The zero-order chi connectivity index (χ0) is 16.2. The van der Waals surface area contributed by atoms with Gasteiger partial charge in [-0.1, -0.05) is 39.8 Å². The van der Waals surface area contributed by atoms with Gasteiger partial charge >= 0.3 is 26.2 Å². The van der Waals surface area contributed by atoms with E-state index < -0.39 is 0 Å². The molecule has 0 nitrogen and oxygen atoms in total. The molecule has 0 N–H and O–H groups in total. The van der Waals surface area contributed by atoms with E-state index in [1.54, 1.807) is 0 Å². The molecule has 0 atom stereocenters. The molecule has 0 fully saturated rings. The van der Waals surface area contributed by atoms with Crippen molar-refractivity contribution in [1.29, 1.82) is 0 Å². The molecule has 132 valence electrons. The molecule has 0 saturated heterocycles. The number of hydrogen-bond donors (Lipinski definition) is 0. The summed E-state index contributed by atoms with van der Waals surface area (Å²) < 4.78 is 0. The van der Waals surface area contributed by atoms with Gasteiger partial charge in [0.1, 0.15) is 0 Å². The first-order valence-electron chi connectivity index (χ1n) is 8.31. The Bertz CT molecular complexity index is 939. The average Bonchev–Trinajstić information content (AvgIpc) is 3.07. The summed E-state index contributed by atoms with van der Waals surface area (Å²) in [5, 5.41) is 5.46. The minimum absolute atomic E-state index is 0. The molecule has 0 unspecified atom stereocenters. The molecular weight excluding hydrogens is 438 g/mol. The predicted molar refractivity (Wildman–Crippen MR) is 101 cm³/mol. The van der Waals surface area contributed by atoms with Gasteiger partial charge < -0.3 is 24.8 Å². The number of aryl methyl sites for hydroxylation is 2. The van der Waals surface area contributed by atoms with Gasteiger partial charge in [-0.2, -0.15) is 11.1 Å². The average molecular weight is 461 g/mol. The number of rotatable bonds is 2. The van der Waals surface area contributed by atoms with E-state index in [1.165, 1.54) is 43.8 Å². The smallest absolute Gasteiger partial charge is 1.00 e. The second kappa shape index (κ2) is 8.43. The van der Waals surface area contributed by atoms with Crippen molar-refractivity contribution in [3.8, 4) is 0 Å². The van der Waals surface area contributed by atoms with Crippen LogP contribution in [0.2, 0.25) is 0 Å². The summed E-state index contributed by atoms with van der Waals surface area (Å²) in [6.45, 7) is 9.24. The Balaban J connectivity index is 0.00000113. The van der Waals surface area contributed by atoms with Gasteiger partial charge in [-0.3, -0.25) is 0 Å². The van der Waals surface area contributed by atoms with Gasteiger partial charge in [-0.25, -0.2) is 0 Å². The van der Waals surface area contributed by atoms with Crippen LogP contribution in [0.1, 0.15) is 36.1 Å². The van der Waals surface area contributed by atoms with E-state index in [2.05, 4.69) is 88.4 Å². The summed E-state index contributed by atoms with van der Waals surface area (Å²) in [4.78, 5) is 0. The summed E-state index contributed by atoms with van der Waals surface area (Å²) in [5.74, 6) is 0. The van der Waals surface area contributed by atoms with E-state index in [1.807, 2.05) is 0 Å². The normalized spacial score (nSPS) is 10.9. The molecule has 0 heterocycles. The molecule has 0 radical (unpaired) electrons. The third-order valence-corrected chi connectivity index (χ3v) is 5.48. The second-order valence-electron chi connectivity index (χ2n) is 7.17. The van der Waals surface area contributed by atoms with Crippen LogP contribution in [-0.4, -0.2) is 0 Å². The van der Waals surface area contributed by atoms with Crippen molar-refractivity contribution < 1.29 is 51.0 Å². The van der Waals surface area contributed by atoms with E-state index >= 15 is 0 Å². The van der Waals surface area contributed by atoms with E-state index in [0.717, 1.165) is 0 Å². The summed E-state index contributed by atoms with van der Waals surface area (Å²) in [5.41, 5.74) is 5.71. The molecule has 0 spiro atoms. The molecule has 0 aliphatic heterocycles. The first-order valence-corrected chi connectivity index (χ1v) is 8.31. The minimum atomic E-state index is 0. The van der Waals surface area contributed by atoms with Crippen LogP contribution in [0, 0.1) is 13.8 Å². The van der Waals surface area contributed by atoms with Crippen LogP contribution >= 0.6 is 0 Å². The SMILES string of the molecule is Cc1c(C(C)(C)c2[cH-]c3ccccc3c2C)[cH-]c2ccccc12.[Cl-].[Cl-].[Zr+4]. The van der Waals surface area contributed by atoms with E-state index in [9.17, 15) is 0 Å². The second-order valence-corrected chi connectivity index (χ2v) is 7.17. The fourth-order valence-corrected chi connectivity index (χ4v) is 4.19. The van der Waals surface area contributed by atoms with Gasteiger partial charge in [0, 0.05) is 0 Å². The number of hydrogen-bond acceptors (Lipinski definition) is 0. The molecule has 0 amide bonds. The van der Waals surface area contributed by atoms with Crippen LogP contribution in [0.5, 0.6) is 0 Å². The standard InChI is InChI=1S/C23H22.2ClH.Zr/c1-15-19-11-7-5-9-17(19)13-21(15)23(3,4)22-14-18-10-6-8-12-20(18)16(22)2;;;/h5-14H,1-4H3;2*1H;/q-2;;;+4/p-2. The van der Waals surface area contributed by atoms with Crippen LogP contribution in [0.3, 0.4) is 0 Å². The predicted octanol–water partition coefficient (Wildman–Crippen LogP) is 0.379. The molecule has 4 aromatic rings. The van der Waals surface area contributed by atoms with Crippen molar-refractivity contribution in [2.24, 2.45) is 0 Å². The van der Waals surface area contributed by atoms with Gasteiger partial charge in [-0.15, -0.1) is 81.2 Å². The van der Waals surface area contributed by atoms with Crippen LogP contribution in [0.4, 0.5) is 0 Å². The summed E-state index contributed by atoms with van der Waals surface area (Å²) in [7, 11) is 0. The third-order valence-electron chi connectivity index (χ3n) is 5.48. The Hall–Kier alpha value is -0.877. The van der Waals surface area contributed by atoms with Crippen molar-refractivity contribution in [2.75, 3.05) is 0 Å². The third kappa shape index (κ3) is 3.47. The Morgan fingerprint density at radius 3 is 1.35 bits per heavy atom. The van der Waals surface area contributed by atoms with Crippen molar-refractivity contribution in [2.45, 2.75) is 33.1 Å². The first kappa shape index (κ1) is 23.2. The van der Waals surface area contributed by atoms with Crippen LogP contribution in [-0.2, 0) is 31.6 Å². The maximum atomic E-state index is 2.38. The van der Waals surface area contributed by atoms with Gasteiger partial charge in [0.15, 0.2) is 0 Å². The molecule has 26 heavy (non-hydrogen) atoms. The fourth-order valence-electron chi connectivity index (χ4n) is 4.19. The monoisotopic (exact) mass is 458 g/mol. The van der Waals surface area contributed by atoms with E-state index in [-0.39, 0.29) is 56.4 Å². The van der Waals surface area contributed by atoms with Crippen molar-refractivity contribution >= 4 is 21.5 Å². The zero-order valence-corrected chi connectivity index (χ0v) is 19.5. The van der Waals surface area contributed by atoms with E-state index in [4.69, 9.17) is 0 Å². The summed E-state index contributed by atoms with van der Waals surface area (Å²) in [6.07, 6.45) is 0. The van der Waals surface area contributed by atoms with Crippen LogP contribution in [0.15, 0.2) is 60.7 Å². The van der Waals surface area contributed by atoms with Crippen molar-refractivity contribution in [3.63, 3.8) is 0 Å². The van der Waals surface area contributed by atoms with Crippen molar-refractivity contribution in [3.05, 3.63) is 82.9 Å². The molecular formula is C23H22Cl2Zr. The zero-order valence-electron chi connectivity index (χ0n) is 15.5. The van der Waals surface area contributed by atoms with Crippen molar-refractivity contribution in [1.82, 2.24) is 0 Å². The summed E-state index contributed by atoms with van der Waals surface area (Å²) in [6, 6.07) is 22.2. The molecule has 0 aliphatic carbocycles. The fraction of sp³-hybridized carbons (Fsp3) is 0.217. The topological polar surface area (TPSA) is 0 Å². The molecule has 3 heteroatoms. The van der Waals surface area contributed by atoms with Gasteiger partial charge in [-0.05, 0) is 5.41 Å². The first-order chi connectivity index (χ1) is 11.0. The molecule has 4 aromatic carbocycles. The minimum Gasteiger partial charge on any atom is -1.00 e. The summed E-state index contributed by atoms with van der Waals surface area (Å²) >= 11 is 0. The number of halogens is 2. The Labute approximate surface area is 187 Å². The molecule has 0 saturated carbocycles. The van der Waals surface area contributed by atoms with Gasteiger partial charge in [0.25, 0.3) is 0 Å². The van der Waals surface area contributed by atoms with Gasteiger partial charge in [0.2, 0.25) is 0 Å². The molecule has 4 rings (SSSR count). The maximum Gasteiger partial charge on any atom is 4.00 e. The Morgan fingerprint density at radius 2 is 1.00 bits per heavy atom. The van der Waals surface area contributed by atoms with Crippen LogP contribution in [0.25, 0.3) is 21.5 Å².